The second-order valence-corrected chi connectivity index (χ2v) is 9.32. The summed E-state index contributed by atoms with van der Waals surface area (Å²) < 4.78 is 5.94. The number of ether oxygens (including phenoxy) is 1. The average molecular weight is 495 g/mol. The maximum Gasteiger partial charge on any atom is 0.327 e. The quantitative estimate of drug-likeness (QED) is 0.412. The van der Waals surface area contributed by atoms with Crippen molar-refractivity contribution in [1.82, 2.24) is 4.98 Å². The van der Waals surface area contributed by atoms with Crippen molar-refractivity contribution >= 4 is 23.4 Å². The zero-order chi connectivity index (χ0) is 26.0. The number of allylic oxidation sites excluding steroid dienone is 1. The molecule has 1 fully saturated rings. The lowest BCUT2D eigenvalue weighted by Gasteiger charge is -2.27. The Hall–Kier alpha value is -4.64. The SMILES string of the molecule is CNc1ccc(-c2ccc3c(c2)[C@]2(CCO3)C[C@H]2C(=O)Nc2cc(C#N)ccc2CC=CC(=O)O)cn1. The third-order valence-electron chi connectivity index (χ3n) is 7.16. The maximum absolute atomic E-state index is 13.5. The summed E-state index contributed by atoms with van der Waals surface area (Å²) in [6.07, 6.45) is 6.18. The number of nitriles is 1. The van der Waals surface area contributed by atoms with E-state index in [2.05, 4.69) is 27.8 Å². The van der Waals surface area contributed by atoms with Crippen molar-refractivity contribution in [3.8, 4) is 22.9 Å². The van der Waals surface area contributed by atoms with Crippen LogP contribution in [0.3, 0.4) is 0 Å². The minimum atomic E-state index is -1.04. The van der Waals surface area contributed by atoms with E-state index in [1.54, 1.807) is 18.2 Å². The van der Waals surface area contributed by atoms with Crippen LogP contribution in [-0.2, 0) is 21.4 Å². The largest absolute Gasteiger partial charge is 0.493 e. The fourth-order valence-corrected chi connectivity index (χ4v) is 5.08. The number of carbonyl (C=O) groups excluding carboxylic acids is 1. The van der Waals surface area contributed by atoms with Gasteiger partial charge in [-0.3, -0.25) is 4.79 Å². The molecule has 37 heavy (non-hydrogen) atoms. The lowest BCUT2D eigenvalue weighted by molar-refractivity contribution is -0.131. The molecule has 1 amide bonds. The minimum absolute atomic E-state index is 0.114. The number of nitrogens with one attached hydrogen (secondary N) is 2. The van der Waals surface area contributed by atoms with Gasteiger partial charge in [0.15, 0.2) is 0 Å². The van der Waals surface area contributed by atoms with Gasteiger partial charge in [-0.2, -0.15) is 5.26 Å². The van der Waals surface area contributed by atoms with Gasteiger partial charge in [0.05, 0.1) is 18.2 Å². The number of aliphatic carboxylic acids is 1. The first-order chi connectivity index (χ1) is 17.9. The minimum Gasteiger partial charge on any atom is -0.493 e. The molecule has 1 aliphatic carbocycles. The van der Waals surface area contributed by atoms with Crippen molar-refractivity contribution in [2.45, 2.75) is 24.7 Å². The monoisotopic (exact) mass is 494 g/mol. The second-order valence-electron chi connectivity index (χ2n) is 9.32. The molecule has 2 aliphatic rings. The Morgan fingerprint density at radius 2 is 2.05 bits per heavy atom. The van der Waals surface area contributed by atoms with Crippen LogP contribution in [0, 0.1) is 17.2 Å². The molecule has 3 aromatic rings. The van der Waals surface area contributed by atoms with E-state index in [-0.39, 0.29) is 17.2 Å². The normalized spacial score (nSPS) is 19.5. The number of anilines is 2. The van der Waals surface area contributed by atoms with Gasteiger partial charge in [-0.15, -0.1) is 0 Å². The lowest BCUT2D eigenvalue weighted by Crippen LogP contribution is -2.27. The second kappa shape index (κ2) is 9.78. The molecule has 8 heteroatoms. The maximum atomic E-state index is 13.5. The van der Waals surface area contributed by atoms with Gasteiger partial charge in [0, 0.05) is 47.5 Å². The summed E-state index contributed by atoms with van der Waals surface area (Å²) in [6.45, 7) is 0.545. The highest BCUT2D eigenvalue weighted by Crippen LogP contribution is 2.61. The van der Waals surface area contributed by atoms with Gasteiger partial charge in [0.1, 0.15) is 11.6 Å². The summed E-state index contributed by atoms with van der Waals surface area (Å²) in [6, 6.07) is 17.1. The summed E-state index contributed by atoms with van der Waals surface area (Å²) in [4.78, 5) is 28.7. The molecule has 0 unspecified atom stereocenters. The molecule has 0 radical (unpaired) electrons. The number of hydrogen-bond donors (Lipinski definition) is 3. The van der Waals surface area contributed by atoms with Gasteiger partial charge in [-0.25, -0.2) is 9.78 Å². The van der Waals surface area contributed by atoms with E-state index < -0.39 is 5.97 Å². The Labute approximate surface area is 214 Å². The van der Waals surface area contributed by atoms with Crippen molar-refractivity contribution in [3.63, 3.8) is 0 Å². The highest BCUT2D eigenvalue weighted by Gasteiger charge is 2.61. The number of amides is 1. The molecular formula is C29H26N4O4. The number of nitrogens with zero attached hydrogens (tertiary/aromatic N) is 2. The van der Waals surface area contributed by atoms with Crippen LogP contribution >= 0.6 is 0 Å². The molecule has 1 saturated carbocycles. The molecule has 186 valence electrons. The van der Waals surface area contributed by atoms with Crippen molar-refractivity contribution in [1.29, 1.82) is 5.26 Å². The number of carboxylic acids is 1. The fraction of sp³-hybridized carbons (Fsp3) is 0.241. The van der Waals surface area contributed by atoms with Gasteiger partial charge in [0.25, 0.3) is 0 Å². The predicted octanol–water partition coefficient (Wildman–Crippen LogP) is 4.52. The van der Waals surface area contributed by atoms with Crippen LogP contribution in [0.25, 0.3) is 11.1 Å². The molecule has 3 N–H and O–H groups in total. The van der Waals surface area contributed by atoms with E-state index in [9.17, 15) is 14.9 Å². The molecule has 2 aromatic carbocycles. The molecule has 2 heterocycles. The van der Waals surface area contributed by atoms with E-state index in [4.69, 9.17) is 9.84 Å². The Morgan fingerprint density at radius 1 is 1.22 bits per heavy atom. The fourth-order valence-electron chi connectivity index (χ4n) is 5.08. The number of aromatic nitrogens is 1. The van der Waals surface area contributed by atoms with E-state index in [1.165, 1.54) is 6.08 Å². The third kappa shape index (κ3) is 4.76. The van der Waals surface area contributed by atoms with Gasteiger partial charge in [0.2, 0.25) is 5.91 Å². The molecule has 8 nitrogen and oxygen atoms in total. The number of carboxylic acid groups (broad SMARTS) is 1. The van der Waals surface area contributed by atoms with Crippen LogP contribution in [0.1, 0.15) is 29.5 Å². The van der Waals surface area contributed by atoms with Crippen molar-refractivity contribution in [2.24, 2.45) is 5.92 Å². The van der Waals surface area contributed by atoms with Crippen molar-refractivity contribution < 1.29 is 19.4 Å². The Morgan fingerprint density at radius 3 is 2.78 bits per heavy atom. The van der Waals surface area contributed by atoms with E-state index in [0.717, 1.165) is 46.3 Å². The van der Waals surface area contributed by atoms with E-state index >= 15 is 0 Å². The number of benzene rings is 2. The standard InChI is InChI=1S/C29H26N4O4/c1-31-26-10-8-21(17-32-26)20-7-9-25-22(14-20)29(11-12-37-25)15-23(29)28(36)33-24-13-18(16-30)5-6-19(24)3-2-4-27(34)35/h2,4-10,13-14,17,23H,3,11-12,15H2,1H3,(H,31,32)(H,33,36)(H,34,35)/t23-,29-/m0/s1. The summed E-state index contributed by atoms with van der Waals surface area (Å²) in [5.41, 5.74) is 4.41. The smallest absolute Gasteiger partial charge is 0.327 e. The van der Waals surface area contributed by atoms with Crippen LogP contribution in [0.4, 0.5) is 11.5 Å². The number of carbonyl (C=O) groups is 2. The summed E-state index contributed by atoms with van der Waals surface area (Å²) in [5, 5.41) is 24.3. The Kier molecular flexibility index (Phi) is 6.36. The number of pyridine rings is 1. The average Bonchev–Trinajstić information content (AvgIpc) is 3.64. The first kappa shape index (κ1) is 24.1. The van der Waals surface area contributed by atoms with Crippen LogP contribution < -0.4 is 15.4 Å². The molecule has 1 aliphatic heterocycles. The highest BCUT2D eigenvalue weighted by molar-refractivity contribution is 5.97. The van der Waals surface area contributed by atoms with Gasteiger partial charge < -0.3 is 20.5 Å². The Bertz CT molecular complexity index is 1440. The zero-order valence-electron chi connectivity index (χ0n) is 20.3. The van der Waals surface area contributed by atoms with Crippen LogP contribution in [0.5, 0.6) is 5.75 Å². The third-order valence-corrected chi connectivity index (χ3v) is 7.16. The predicted molar refractivity (Wildman–Crippen MR) is 139 cm³/mol. The van der Waals surface area contributed by atoms with Crippen molar-refractivity contribution in [3.05, 3.63) is 83.6 Å². The van der Waals surface area contributed by atoms with Crippen molar-refractivity contribution in [2.75, 3.05) is 24.3 Å². The Balaban J connectivity index is 1.40. The number of hydrogen-bond acceptors (Lipinski definition) is 6. The number of fused-ring (bicyclic) bond motifs is 2. The topological polar surface area (TPSA) is 124 Å². The lowest BCUT2D eigenvalue weighted by atomic mass is 9.85. The summed E-state index contributed by atoms with van der Waals surface area (Å²) in [7, 11) is 1.83. The summed E-state index contributed by atoms with van der Waals surface area (Å²) in [5.74, 6) is 0.209. The first-order valence-electron chi connectivity index (χ1n) is 12.1. The van der Waals surface area contributed by atoms with Gasteiger partial charge >= 0.3 is 5.97 Å². The van der Waals surface area contributed by atoms with E-state index in [0.29, 0.717) is 30.7 Å². The first-order valence-corrected chi connectivity index (χ1v) is 12.1. The number of rotatable bonds is 7. The van der Waals surface area contributed by atoms with Crippen LogP contribution in [-0.4, -0.2) is 35.6 Å². The molecule has 1 aromatic heterocycles. The molecule has 0 saturated heterocycles. The van der Waals surface area contributed by atoms with Gasteiger partial charge in [-0.05, 0) is 66.8 Å². The van der Waals surface area contributed by atoms with Crippen LogP contribution in [0.2, 0.25) is 0 Å². The molecule has 1 spiro atoms. The highest BCUT2D eigenvalue weighted by atomic mass is 16.5. The molecule has 0 bridgehead atoms. The summed E-state index contributed by atoms with van der Waals surface area (Å²) >= 11 is 0. The molecular weight excluding hydrogens is 468 g/mol. The van der Waals surface area contributed by atoms with Crippen LogP contribution in [0.15, 0.2) is 66.9 Å². The molecule has 2 atom stereocenters. The van der Waals surface area contributed by atoms with Gasteiger partial charge in [-0.1, -0.05) is 18.2 Å². The van der Waals surface area contributed by atoms with E-state index in [1.807, 2.05) is 37.5 Å². The zero-order valence-corrected chi connectivity index (χ0v) is 20.3. The molecule has 5 rings (SSSR count).